The number of hydrogen-bond donors (Lipinski definition) is 0. The van der Waals surface area contributed by atoms with Gasteiger partial charge in [-0.3, -0.25) is 14.6 Å². The Bertz CT molecular complexity index is 271. The van der Waals surface area contributed by atoms with Crippen LogP contribution in [0.25, 0.3) is 0 Å². The van der Waals surface area contributed by atoms with Crippen LogP contribution in [0.3, 0.4) is 0 Å². The molecule has 1 saturated heterocycles. The molecule has 4 nitrogen and oxygen atoms in total. The zero-order chi connectivity index (χ0) is 13.2. The molecule has 4 heteroatoms. The highest BCUT2D eigenvalue weighted by Gasteiger charge is 2.37. The monoisotopic (exact) mass is 242 g/mol. The fourth-order valence-corrected chi connectivity index (χ4v) is 2.37. The van der Waals surface area contributed by atoms with E-state index in [0.29, 0.717) is 6.04 Å². The molecule has 1 fully saturated rings. The van der Waals surface area contributed by atoms with Crippen molar-refractivity contribution >= 4 is 5.97 Å². The van der Waals surface area contributed by atoms with Gasteiger partial charge in [-0.05, 0) is 34.6 Å². The van der Waals surface area contributed by atoms with Gasteiger partial charge in [-0.2, -0.15) is 0 Å². The summed E-state index contributed by atoms with van der Waals surface area (Å²) < 4.78 is 4.92. The number of carbonyl (C=O) groups excluding carboxylic acids is 1. The van der Waals surface area contributed by atoms with E-state index in [2.05, 4.69) is 44.4 Å². The molecular weight excluding hydrogens is 216 g/mol. The summed E-state index contributed by atoms with van der Waals surface area (Å²) in [5.41, 5.74) is 0.106. The van der Waals surface area contributed by atoms with E-state index in [1.165, 1.54) is 7.11 Å². The summed E-state index contributed by atoms with van der Waals surface area (Å²) in [4.78, 5) is 16.4. The Morgan fingerprint density at radius 1 is 1.29 bits per heavy atom. The van der Waals surface area contributed by atoms with Crippen molar-refractivity contribution in [2.45, 2.75) is 52.2 Å². The Morgan fingerprint density at radius 2 is 1.88 bits per heavy atom. The molecule has 0 aromatic heterocycles. The highest BCUT2D eigenvalue weighted by molar-refractivity contribution is 5.76. The Labute approximate surface area is 105 Å². The average Bonchev–Trinajstić information content (AvgIpc) is 2.25. The van der Waals surface area contributed by atoms with E-state index < -0.39 is 0 Å². The second kappa shape index (κ2) is 5.36. The maximum atomic E-state index is 11.9. The smallest absolute Gasteiger partial charge is 0.324 e. The second-order valence-corrected chi connectivity index (χ2v) is 5.99. The molecule has 1 rings (SSSR count). The first-order valence-corrected chi connectivity index (χ1v) is 6.36. The first kappa shape index (κ1) is 14.5. The number of rotatable bonds is 2. The Hall–Kier alpha value is -0.610. The molecule has 0 saturated carbocycles. The molecule has 100 valence electrons. The molecular formula is C13H26N2O2. The van der Waals surface area contributed by atoms with Gasteiger partial charge in [0.15, 0.2) is 0 Å². The fraction of sp³-hybridized carbons (Fsp3) is 0.923. The fourth-order valence-electron chi connectivity index (χ4n) is 2.37. The molecule has 0 aromatic rings. The second-order valence-electron chi connectivity index (χ2n) is 5.99. The Kier molecular flexibility index (Phi) is 4.55. The predicted molar refractivity (Wildman–Crippen MR) is 69.0 cm³/mol. The highest BCUT2D eigenvalue weighted by Crippen LogP contribution is 2.21. The zero-order valence-electron chi connectivity index (χ0n) is 12.0. The zero-order valence-corrected chi connectivity index (χ0v) is 12.0. The molecule has 0 aromatic carbocycles. The minimum atomic E-state index is -0.132. The molecule has 1 unspecified atom stereocenters. The molecule has 0 spiro atoms. The van der Waals surface area contributed by atoms with Gasteiger partial charge in [0.2, 0.25) is 0 Å². The first-order valence-electron chi connectivity index (χ1n) is 6.36. The third-order valence-corrected chi connectivity index (χ3v) is 3.51. The van der Waals surface area contributed by atoms with Gasteiger partial charge in [0.05, 0.1) is 7.11 Å². The van der Waals surface area contributed by atoms with Crippen molar-refractivity contribution in [1.82, 2.24) is 9.80 Å². The number of carbonyl (C=O) groups is 1. The summed E-state index contributed by atoms with van der Waals surface area (Å²) in [6.07, 6.45) is 0. The number of ether oxygens (including phenoxy) is 1. The lowest BCUT2D eigenvalue weighted by atomic mass is 10.0. The van der Waals surface area contributed by atoms with Crippen LogP contribution in [0.1, 0.15) is 34.6 Å². The predicted octanol–water partition coefficient (Wildman–Crippen LogP) is 1.35. The average molecular weight is 242 g/mol. The van der Waals surface area contributed by atoms with E-state index in [4.69, 9.17) is 4.74 Å². The van der Waals surface area contributed by atoms with Gasteiger partial charge in [0.1, 0.15) is 6.04 Å². The van der Waals surface area contributed by atoms with Crippen molar-refractivity contribution in [2.24, 2.45) is 0 Å². The van der Waals surface area contributed by atoms with Gasteiger partial charge in [-0.1, -0.05) is 0 Å². The lowest BCUT2D eigenvalue weighted by Crippen LogP contribution is -2.62. The van der Waals surface area contributed by atoms with Crippen molar-refractivity contribution in [1.29, 1.82) is 0 Å². The third kappa shape index (κ3) is 3.42. The number of methoxy groups -OCH3 is 1. The summed E-state index contributed by atoms with van der Waals surface area (Å²) in [5.74, 6) is -0.118. The van der Waals surface area contributed by atoms with Crippen molar-refractivity contribution in [3.8, 4) is 0 Å². The van der Waals surface area contributed by atoms with Crippen LogP contribution in [0.2, 0.25) is 0 Å². The van der Waals surface area contributed by atoms with E-state index >= 15 is 0 Å². The van der Waals surface area contributed by atoms with Crippen molar-refractivity contribution in [3.63, 3.8) is 0 Å². The summed E-state index contributed by atoms with van der Waals surface area (Å²) >= 11 is 0. The van der Waals surface area contributed by atoms with Crippen LogP contribution in [0, 0.1) is 0 Å². The maximum absolute atomic E-state index is 11.9. The van der Waals surface area contributed by atoms with Gasteiger partial charge in [-0.25, -0.2) is 0 Å². The van der Waals surface area contributed by atoms with Crippen LogP contribution in [0.5, 0.6) is 0 Å². The molecule has 1 atom stereocenters. The van der Waals surface area contributed by atoms with E-state index in [9.17, 15) is 4.79 Å². The normalized spacial score (nSPS) is 24.1. The van der Waals surface area contributed by atoms with E-state index in [1.807, 2.05) is 0 Å². The Balaban J connectivity index is 2.80. The molecule has 0 amide bonds. The topological polar surface area (TPSA) is 32.8 Å². The molecule has 0 aliphatic carbocycles. The van der Waals surface area contributed by atoms with E-state index in [-0.39, 0.29) is 17.6 Å². The molecule has 1 heterocycles. The first-order chi connectivity index (χ1) is 7.77. The van der Waals surface area contributed by atoms with Gasteiger partial charge >= 0.3 is 5.97 Å². The van der Waals surface area contributed by atoms with Gasteiger partial charge in [0, 0.05) is 31.2 Å². The van der Waals surface area contributed by atoms with Crippen LogP contribution >= 0.6 is 0 Å². The summed E-state index contributed by atoms with van der Waals surface area (Å²) in [6.45, 7) is 13.5. The largest absolute Gasteiger partial charge is 0.468 e. The molecule has 0 radical (unpaired) electrons. The number of hydrogen-bond acceptors (Lipinski definition) is 4. The van der Waals surface area contributed by atoms with Gasteiger partial charge in [-0.15, -0.1) is 0 Å². The number of piperazine rings is 1. The maximum Gasteiger partial charge on any atom is 0.324 e. The molecule has 1 aliphatic heterocycles. The lowest BCUT2D eigenvalue weighted by Gasteiger charge is -2.46. The van der Waals surface area contributed by atoms with E-state index in [1.54, 1.807) is 0 Å². The number of nitrogens with zero attached hydrogens (tertiary/aromatic N) is 2. The van der Waals surface area contributed by atoms with Gasteiger partial charge in [0.25, 0.3) is 0 Å². The van der Waals surface area contributed by atoms with Crippen LogP contribution in [-0.2, 0) is 9.53 Å². The third-order valence-electron chi connectivity index (χ3n) is 3.51. The minimum absolute atomic E-state index is 0.106. The quantitative estimate of drug-likeness (QED) is 0.684. The van der Waals surface area contributed by atoms with Crippen LogP contribution in [0.4, 0.5) is 0 Å². The SMILES string of the molecule is COC(=O)C1CN(C(C)(C)C)CCN1C(C)C. The van der Waals surface area contributed by atoms with E-state index in [0.717, 1.165) is 19.6 Å². The van der Waals surface area contributed by atoms with Crippen molar-refractivity contribution < 1.29 is 9.53 Å². The summed E-state index contributed by atoms with van der Waals surface area (Å²) in [7, 11) is 1.47. The Morgan fingerprint density at radius 3 is 2.29 bits per heavy atom. The molecule has 1 aliphatic rings. The summed E-state index contributed by atoms with van der Waals surface area (Å²) in [6, 6.07) is 0.245. The standard InChI is InChI=1S/C13H26N2O2/c1-10(2)15-8-7-14(13(3,4)5)9-11(15)12(16)17-6/h10-11H,7-9H2,1-6H3. The van der Waals surface area contributed by atoms with Crippen LogP contribution < -0.4 is 0 Å². The summed E-state index contributed by atoms with van der Waals surface area (Å²) in [5, 5.41) is 0. The van der Waals surface area contributed by atoms with Crippen molar-refractivity contribution in [2.75, 3.05) is 26.7 Å². The molecule has 0 N–H and O–H groups in total. The number of esters is 1. The lowest BCUT2D eigenvalue weighted by molar-refractivity contribution is -0.151. The molecule has 17 heavy (non-hydrogen) atoms. The van der Waals surface area contributed by atoms with Crippen LogP contribution in [-0.4, -0.2) is 60.1 Å². The molecule has 0 bridgehead atoms. The van der Waals surface area contributed by atoms with Crippen molar-refractivity contribution in [3.05, 3.63) is 0 Å². The van der Waals surface area contributed by atoms with Crippen LogP contribution in [0.15, 0.2) is 0 Å². The highest BCUT2D eigenvalue weighted by atomic mass is 16.5. The minimum Gasteiger partial charge on any atom is -0.468 e. The van der Waals surface area contributed by atoms with Gasteiger partial charge < -0.3 is 4.74 Å².